The van der Waals surface area contributed by atoms with Crippen molar-refractivity contribution < 1.29 is 12.8 Å². The van der Waals surface area contributed by atoms with Gasteiger partial charge in [-0.15, -0.1) is 0 Å². The van der Waals surface area contributed by atoms with Crippen LogP contribution in [0.1, 0.15) is 26.7 Å². The minimum atomic E-state index is -3.86. The summed E-state index contributed by atoms with van der Waals surface area (Å²) in [4.78, 5) is 2.94. The molecule has 7 heteroatoms. The van der Waals surface area contributed by atoms with Crippen molar-refractivity contribution in [1.82, 2.24) is 9.29 Å². The Morgan fingerprint density at radius 2 is 2.11 bits per heavy atom. The highest BCUT2D eigenvalue weighted by Gasteiger charge is 2.42. The fourth-order valence-electron chi connectivity index (χ4n) is 2.24. The molecule has 0 amide bonds. The standard InChI is InChI=1S/C11H14ClFN2O2S/c1-11(2)6-3-7-15(11)18(16,17)8-4-5-9(12)14-10(8)13/h4-5H,3,6-7H2,1-2H3. The van der Waals surface area contributed by atoms with Crippen LogP contribution in [0.25, 0.3) is 0 Å². The van der Waals surface area contributed by atoms with Crippen molar-refractivity contribution in [1.29, 1.82) is 0 Å². The molecule has 0 aromatic carbocycles. The number of rotatable bonds is 2. The maximum absolute atomic E-state index is 13.6. The molecule has 0 bridgehead atoms. The summed E-state index contributed by atoms with van der Waals surface area (Å²) in [6.07, 6.45) is 1.53. The third kappa shape index (κ3) is 2.24. The first kappa shape index (κ1) is 13.7. The van der Waals surface area contributed by atoms with E-state index >= 15 is 0 Å². The average molecular weight is 293 g/mol. The number of sulfonamides is 1. The van der Waals surface area contributed by atoms with Crippen molar-refractivity contribution in [3.63, 3.8) is 0 Å². The molecule has 1 saturated heterocycles. The Morgan fingerprint density at radius 3 is 2.61 bits per heavy atom. The van der Waals surface area contributed by atoms with E-state index in [0.717, 1.165) is 18.9 Å². The van der Waals surface area contributed by atoms with E-state index in [-0.39, 0.29) is 5.15 Å². The van der Waals surface area contributed by atoms with Gasteiger partial charge in [-0.05, 0) is 38.8 Å². The van der Waals surface area contributed by atoms with Crippen LogP contribution in [0.4, 0.5) is 4.39 Å². The van der Waals surface area contributed by atoms with Crippen LogP contribution < -0.4 is 0 Å². The summed E-state index contributed by atoms with van der Waals surface area (Å²) >= 11 is 5.52. The number of nitrogens with zero attached hydrogens (tertiary/aromatic N) is 2. The van der Waals surface area contributed by atoms with Gasteiger partial charge in [0.2, 0.25) is 16.0 Å². The molecule has 1 fully saturated rings. The van der Waals surface area contributed by atoms with Gasteiger partial charge in [0.15, 0.2) is 0 Å². The van der Waals surface area contributed by atoms with E-state index in [1.54, 1.807) is 0 Å². The molecule has 1 aromatic heterocycles. The molecule has 0 spiro atoms. The molecule has 2 rings (SSSR count). The SMILES string of the molecule is CC1(C)CCCN1S(=O)(=O)c1ccc(Cl)nc1F. The predicted molar refractivity (Wildman–Crippen MR) is 66.4 cm³/mol. The Hall–Kier alpha value is -0.720. The molecule has 100 valence electrons. The van der Waals surface area contributed by atoms with Crippen LogP contribution in [0.3, 0.4) is 0 Å². The number of hydrogen-bond donors (Lipinski definition) is 0. The van der Waals surface area contributed by atoms with E-state index in [1.165, 1.54) is 10.4 Å². The van der Waals surface area contributed by atoms with Crippen LogP contribution in [0.5, 0.6) is 0 Å². The van der Waals surface area contributed by atoms with Gasteiger partial charge in [0, 0.05) is 12.1 Å². The summed E-state index contributed by atoms with van der Waals surface area (Å²) in [5, 5.41) is -0.0628. The second kappa shape index (κ2) is 4.43. The zero-order chi connectivity index (χ0) is 13.6. The van der Waals surface area contributed by atoms with Crippen LogP contribution in [0.15, 0.2) is 17.0 Å². The molecule has 0 radical (unpaired) electrons. The highest BCUT2D eigenvalue weighted by molar-refractivity contribution is 7.89. The van der Waals surface area contributed by atoms with Crippen LogP contribution in [-0.4, -0.2) is 29.8 Å². The van der Waals surface area contributed by atoms with Gasteiger partial charge in [-0.1, -0.05) is 11.6 Å². The molecule has 2 heterocycles. The fourth-order valence-corrected chi connectivity index (χ4v) is 4.22. The Bertz CT molecular complexity index is 574. The van der Waals surface area contributed by atoms with E-state index < -0.39 is 26.4 Å². The van der Waals surface area contributed by atoms with Crippen molar-refractivity contribution in [2.24, 2.45) is 0 Å². The maximum Gasteiger partial charge on any atom is 0.248 e. The predicted octanol–water partition coefficient (Wildman–Crippen LogP) is 2.44. The summed E-state index contributed by atoms with van der Waals surface area (Å²) < 4.78 is 39.7. The summed E-state index contributed by atoms with van der Waals surface area (Å²) in [6.45, 7) is 4.06. The minimum Gasteiger partial charge on any atom is -0.207 e. The molecule has 0 saturated carbocycles. The molecule has 1 aliphatic heterocycles. The van der Waals surface area contributed by atoms with Crippen molar-refractivity contribution >= 4 is 21.6 Å². The van der Waals surface area contributed by atoms with Crippen LogP contribution in [-0.2, 0) is 10.0 Å². The Morgan fingerprint density at radius 1 is 1.44 bits per heavy atom. The molecule has 0 unspecified atom stereocenters. The van der Waals surface area contributed by atoms with Gasteiger partial charge >= 0.3 is 0 Å². The highest BCUT2D eigenvalue weighted by Crippen LogP contribution is 2.34. The van der Waals surface area contributed by atoms with Gasteiger partial charge in [0.25, 0.3) is 0 Å². The summed E-state index contributed by atoms with van der Waals surface area (Å²) in [5.41, 5.74) is -0.495. The second-order valence-electron chi connectivity index (χ2n) is 4.92. The summed E-state index contributed by atoms with van der Waals surface area (Å²) in [7, 11) is -3.86. The monoisotopic (exact) mass is 292 g/mol. The van der Waals surface area contributed by atoms with Crippen molar-refractivity contribution in [3.8, 4) is 0 Å². The van der Waals surface area contributed by atoms with E-state index in [2.05, 4.69) is 4.98 Å². The van der Waals surface area contributed by atoms with Crippen LogP contribution >= 0.6 is 11.6 Å². The van der Waals surface area contributed by atoms with Crippen molar-refractivity contribution in [3.05, 3.63) is 23.2 Å². The molecule has 1 aromatic rings. The maximum atomic E-state index is 13.6. The van der Waals surface area contributed by atoms with Gasteiger partial charge in [-0.2, -0.15) is 8.70 Å². The number of pyridine rings is 1. The molecule has 0 aliphatic carbocycles. The van der Waals surface area contributed by atoms with Crippen molar-refractivity contribution in [2.75, 3.05) is 6.54 Å². The van der Waals surface area contributed by atoms with Gasteiger partial charge < -0.3 is 0 Å². The lowest BCUT2D eigenvalue weighted by atomic mass is 10.0. The second-order valence-corrected chi connectivity index (χ2v) is 7.13. The van der Waals surface area contributed by atoms with Crippen LogP contribution in [0, 0.1) is 5.95 Å². The lowest BCUT2D eigenvalue weighted by Gasteiger charge is -2.30. The Balaban J connectivity index is 2.49. The van der Waals surface area contributed by atoms with E-state index in [9.17, 15) is 12.8 Å². The third-order valence-corrected chi connectivity index (χ3v) is 5.50. The lowest BCUT2D eigenvalue weighted by molar-refractivity contribution is 0.290. The molecule has 0 N–H and O–H groups in total. The lowest BCUT2D eigenvalue weighted by Crippen LogP contribution is -2.42. The molecule has 0 atom stereocenters. The molecule has 18 heavy (non-hydrogen) atoms. The third-order valence-electron chi connectivity index (χ3n) is 3.17. The topological polar surface area (TPSA) is 50.3 Å². The zero-order valence-electron chi connectivity index (χ0n) is 10.2. The van der Waals surface area contributed by atoms with Gasteiger partial charge in [0.1, 0.15) is 10.0 Å². The quantitative estimate of drug-likeness (QED) is 0.787. The van der Waals surface area contributed by atoms with E-state index in [4.69, 9.17) is 11.6 Å². The first-order valence-electron chi connectivity index (χ1n) is 5.60. The number of halogens is 2. The average Bonchev–Trinajstić information content (AvgIpc) is 2.58. The number of hydrogen-bond acceptors (Lipinski definition) is 3. The van der Waals surface area contributed by atoms with Gasteiger partial charge in [-0.3, -0.25) is 0 Å². The highest BCUT2D eigenvalue weighted by atomic mass is 35.5. The smallest absolute Gasteiger partial charge is 0.207 e. The van der Waals surface area contributed by atoms with E-state index in [1.807, 2.05) is 13.8 Å². The molecular formula is C11H14ClFN2O2S. The summed E-state index contributed by atoms with van der Waals surface area (Å²) in [6, 6.07) is 2.44. The molecular weight excluding hydrogens is 279 g/mol. The Labute approximate surface area is 111 Å². The molecule has 1 aliphatic rings. The van der Waals surface area contributed by atoms with E-state index in [0.29, 0.717) is 6.54 Å². The Kier molecular flexibility index (Phi) is 3.38. The summed E-state index contributed by atoms with van der Waals surface area (Å²) in [5.74, 6) is -1.05. The largest absolute Gasteiger partial charge is 0.248 e. The fraction of sp³-hybridized carbons (Fsp3) is 0.545. The van der Waals surface area contributed by atoms with Gasteiger partial charge in [0.05, 0.1) is 0 Å². The normalized spacial score (nSPS) is 20.2. The van der Waals surface area contributed by atoms with Crippen LogP contribution in [0.2, 0.25) is 5.15 Å². The van der Waals surface area contributed by atoms with Gasteiger partial charge in [-0.25, -0.2) is 13.4 Å². The zero-order valence-corrected chi connectivity index (χ0v) is 11.7. The molecule has 4 nitrogen and oxygen atoms in total. The first-order valence-corrected chi connectivity index (χ1v) is 7.42. The number of aromatic nitrogens is 1. The minimum absolute atomic E-state index is 0.0628. The van der Waals surface area contributed by atoms with Crippen molar-refractivity contribution in [2.45, 2.75) is 37.1 Å². The first-order chi connectivity index (χ1) is 8.25.